The molecule has 31 heavy (non-hydrogen) atoms. The Balaban J connectivity index is 2.91. The lowest BCUT2D eigenvalue weighted by Crippen LogP contribution is -2.58. The molecule has 174 valence electrons. The maximum atomic E-state index is 11.9. The minimum absolute atomic E-state index is 0.215. The van der Waals surface area contributed by atoms with Crippen molar-refractivity contribution < 1.29 is 65.1 Å². The first-order valence-corrected chi connectivity index (χ1v) is 8.28. The second kappa shape index (κ2) is 10.3. The molecule has 0 spiro atoms. The summed E-state index contributed by atoms with van der Waals surface area (Å²) in [7, 11) is 6.06. The zero-order valence-corrected chi connectivity index (χ0v) is 15.8. The number of esters is 1. The van der Waals surface area contributed by atoms with Gasteiger partial charge in [-0.15, -0.1) is 0 Å². The number of ether oxygens (including phenoxy) is 2. The van der Waals surface area contributed by atoms with Crippen LogP contribution in [0.15, 0.2) is 17.4 Å². The largest absolute Gasteiger partial charge is 0.432 e. The topological polar surface area (TPSA) is 262 Å². The van der Waals surface area contributed by atoms with Crippen LogP contribution >= 0.6 is 0 Å². The van der Waals surface area contributed by atoms with E-state index in [-0.39, 0.29) is 12.2 Å². The minimum Gasteiger partial charge on any atom is -0.432 e. The Bertz CT molecular complexity index is 678. The van der Waals surface area contributed by atoms with Crippen LogP contribution in [0.2, 0.25) is 0 Å². The first-order chi connectivity index (χ1) is 14.1. The van der Waals surface area contributed by atoms with Crippen molar-refractivity contribution in [3.8, 4) is 0 Å². The molecule has 1 aliphatic heterocycles. The maximum Gasteiger partial charge on any atom is 0.324 e. The van der Waals surface area contributed by atoms with Crippen molar-refractivity contribution in [1.29, 1.82) is 0 Å². The molecule has 1 rings (SSSR count). The molecule has 2 radical (unpaired) electrons. The molecule has 1 amide bonds. The molecular weight excluding hydrogens is 429 g/mol. The fourth-order valence-corrected chi connectivity index (χ4v) is 2.57. The third-order valence-corrected chi connectivity index (χ3v) is 4.02. The first-order valence-electron chi connectivity index (χ1n) is 8.28. The minimum atomic E-state index is -4.07. The van der Waals surface area contributed by atoms with E-state index in [1.807, 2.05) is 5.32 Å². The fourth-order valence-electron chi connectivity index (χ4n) is 2.57. The zero-order chi connectivity index (χ0) is 24.1. The van der Waals surface area contributed by atoms with Gasteiger partial charge in [-0.1, -0.05) is 5.16 Å². The van der Waals surface area contributed by atoms with Crippen LogP contribution < -0.4 is 5.32 Å². The highest BCUT2D eigenvalue weighted by Crippen LogP contribution is 2.28. The number of amidine groups is 1. The van der Waals surface area contributed by atoms with Crippen LogP contribution in [0, 0.1) is 5.92 Å². The molecule has 6 atom stereocenters. The number of carbonyl (C=O) groups is 2. The van der Waals surface area contributed by atoms with Gasteiger partial charge in [0.2, 0.25) is 12.7 Å². The van der Waals surface area contributed by atoms with Gasteiger partial charge >= 0.3 is 5.97 Å². The molecular formula is C14H22BN3O13. The van der Waals surface area contributed by atoms with Gasteiger partial charge in [-0.25, -0.2) is 0 Å². The molecule has 1 heterocycles. The van der Waals surface area contributed by atoms with E-state index < -0.39 is 54.4 Å². The highest BCUT2D eigenvalue weighted by atomic mass is 16.7. The van der Waals surface area contributed by atoms with Crippen LogP contribution in [-0.4, -0.2) is 127 Å². The number of nitrogens with one attached hydrogen (secondary N) is 1. The van der Waals surface area contributed by atoms with Gasteiger partial charge in [-0.3, -0.25) is 9.59 Å². The number of aliphatic hydroxyl groups excluding tert-OH is 3. The third kappa shape index (κ3) is 6.82. The summed E-state index contributed by atoms with van der Waals surface area (Å²) in [5.41, 5.74) is -3.70. The van der Waals surface area contributed by atoms with E-state index in [9.17, 15) is 35.1 Å². The molecule has 6 unspecified atom stereocenters. The number of hydrogen-bond acceptors (Lipinski definition) is 15. The van der Waals surface area contributed by atoms with Gasteiger partial charge in [0.05, 0.1) is 0 Å². The molecule has 0 aromatic carbocycles. The Morgan fingerprint density at radius 3 is 2.29 bits per heavy atom. The Labute approximate surface area is 175 Å². The van der Waals surface area contributed by atoms with Gasteiger partial charge < -0.3 is 65.7 Å². The summed E-state index contributed by atoms with van der Waals surface area (Å²) < 4.78 is 9.55. The zero-order valence-electron chi connectivity index (χ0n) is 15.8. The van der Waals surface area contributed by atoms with Crippen molar-refractivity contribution in [3.63, 3.8) is 0 Å². The molecule has 0 saturated carbocycles. The van der Waals surface area contributed by atoms with E-state index in [4.69, 9.17) is 33.1 Å². The lowest BCUT2D eigenvalue weighted by atomic mass is 9.80. The molecule has 0 aliphatic carbocycles. The van der Waals surface area contributed by atoms with Crippen molar-refractivity contribution in [1.82, 2.24) is 10.2 Å². The summed E-state index contributed by atoms with van der Waals surface area (Å²) in [6, 6.07) is 0. The summed E-state index contributed by atoms with van der Waals surface area (Å²) in [6.07, 6.45) is -6.81. The Hall–Kier alpha value is -2.35. The van der Waals surface area contributed by atoms with E-state index in [1.165, 1.54) is 7.05 Å². The summed E-state index contributed by atoms with van der Waals surface area (Å²) in [6.45, 7) is 0. The normalized spacial score (nSPS) is 27.1. The number of carbonyl (C=O) groups excluding carboxylic acids is 2. The molecule has 0 aromatic rings. The summed E-state index contributed by atoms with van der Waals surface area (Å²) in [4.78, 5) is 23.4. The molecule has 1 fully saturated rings. The standard InChI is InChI=1S/C14H22BN3O13/c1-18(3-2-5(17-29)16-4-19)10-7(21)6(20)8(30-10)11(22)31-12(23)9(13(15,24)25)14(26,27)28/h2-4,6-11,20-22,24-29H,1H3,(H,16,17,19)/b3-2-. The monoisotopic (exact) mass is 451 g/mol. The van der Waals surface area contributed by atoms with E-state index in [0.29, 0.717) is 0 Å². The Morgan fingerprint density at radius 2 is 1.84 bits per heavy atom. The molecule has 0 aromatic heterocycles. The van der Waals surface area contributed by atoms with Gasteiger partial charge in [0.25, 0.3) is 5.97 Å². The number of oxime groups is 1. The van der Waals surface area contributed by atoms with Crippen LogP contribution in [0.5, 0.6) is 0 Å². The van der Waals surface area contributed by atoms with Crippen molar-refractivity contribution in [2.24, 2.45) is 11.1 Å². The SMILES string of the molecule is [B]C(O)(O)C(C(=O)OC(O)C1OC(N(C)/C=C\C(=NO)NC=O)C(O)C1O)C(O)(O)O. The number of amides is 1. The molecule has 10 N–H and O–H groups in total. The summed E-state index contributed by atoms with van der Waals surface area (Å²) in [5.74, 6) is -9.39. The van der Waals surface area contributed by atoms with Gasteiger partial charge in [0.1, 0.15) is 17.9 Å². The van der Waals surface area contributed by atoms with Gasteiger partial charge in [0.15, 0.2) is 31.9 Å². The van der Waals surface area contributed by atoms with Crippen LogP contribution in [0.4, 0.5) is 0 Å². The molecule has 0 bridgehead atoms. The number of hydrogen-bond donors (Lipinski definition) is 10. The van der Waals surface area contributed by atoms with Crippen LogP contribution in [0.1, 0.15) is 0 Å². The molecule has 16 nitrogen and oxygen atoms in total. The molecule has 17 heteroatoms. The van der Waals surface area contributed by atoms with Crippen molar-refractivity contribution >= 4 is 26.1 Å². The number of likely N-dealkylation sites (N-methyl/N-ethyl adjacent to an activating group) is 1. The second-order valence-electron chi connectivity index (χ2n) is 6.43. The lowest BCUT2D eigenvalue weighted by Gasteiger charge is -2.33. The van der Waals surface area contributed by atoms with Crippen LogP contribution in [0.3, 0.4) is 0 Å². The molecule has 1 saturated heterocycles. The smallest absolute Gasteiger partial charge is 0.324 e. The van der Waals surface area contributed by atoms with Crippen molar-refractivity contribution in [2.75, 3.05) is 7.05 Å². The number of aliphatic hydroxyl groups is 8. The van der Waals surface area contributed by atoms with Crippen LogP contribution in [0.25, 0.3) is 0 Å². The Morgan fingerprint density at radius 1 is 1.26 bits per heavy atom. The highest BCUT2D eigenvalue weighted by Gasteiger charge is 2.53. The van der Waals surface area contributed by atoms with E-state index in [0.717, 1.165) is 17.2 Å². The average Bonchev–Trinajstić information content (AvgIpc) is 2.91. The predicted octanol–water partition coefficient (Wildman–Crippen LogP) is -6.67. The third-order valence-electron chi connectivity index (χ3n) is 4.02. The predicted molar refractivity (Wildman–Crippen MR) is 93.9 cm³/mol. The van der Waals surface area contributed by atoms with Gasteiger partial charge in [-0.2, -0.15) is 0 Å². The Kier molecular flexibility index (Phi) is 8.88. The number of nitrogens with zero attached hydrogens (tertiary/aromatic N) is 2. The van der Waals surface area contributed by atoms with Crippen LogP contribution in [-0.2, 0) is 19.1 Å². The summed E-state index contributed by atoms with van der Waals surface area (Å²) >= 11 is 0. The van der Waals surface area contributed by atoms with Gasteiger partial charge in [0, 0.05) is 19.3 Å². The first kappa shape index (κ1) is 26.7. The lowest BCUT2D eigenvalue weighted by molar-refractivity contribution is -0.370. The maximum absolute atomic E-state index is 11.9. The second-order valence-corrected chi connectivity index (χ2v) is 6.43. The average molecular weight is 451 g/mol. The van der Waals surface area contributed by atoms with E-state index >= 15 is 0 Å². The van der Waals surface area contributed by atoms with Crippen molar-refractivity contribution in [2.45, 2.75) is 42.5 Å². The fraction of sp³-hybridized carbons (Fsp3) is 0.643. The van der Waals surface area contributed by atoms with E-state index in [2.05, 4.69) is 9.89 Å². The van der Waals surface area contributed by atoms with Crippen molar-refractivity contribution in [3.05, 3.63) is 12.3 Å². The highest BCUT2D eigenvalue weighted by molar-refractivity contribution is 6.14. The summed E-state index contributed by atoms with van der Waals surface area (Å²) in [5, 5.41) is 89.2. The quantitative estimate of drug-likeness (QED) is 0.0228. The van der Waals surface area contributed by atoms with E-state index in [1.54, 1.807) is 0 Å². The molecule has 1 aliphatic rings. The van der Waals surface area contributed by atoms with Gasteiger partial charge in [-0.05, 0) is 0 Å². The number of rotatable bonds is 9.